The maximum atomic E-state index is 14.0. The lowest BCUT2D eigenvalue weighted by Crippen LogP contribution is -2.42. The summed E-state index contributed by atoms with van der Waals surface area (Å²) in [7, 11) is 0. The molecule has 0 N–H and O–H groups in total. The van der Waals surface area contributed by atoms with Crippen LogP contribution in [0.5, 0.6) is 5.75 Å². The third-order valence-electron chi connectivity index (χ3n) is 5.73. The molecule has 2 aromatic heterocycles. The second kappa shape index (κ2) is 8.93. The molecule has 10 heteroatoms. The molecular formula is C22H21F3N2O5. The third kappa shape index (κ3) is 4.11. The zero-order valence-electron chi connectivity index (χ0n) is 17.3. The lowest BCUT2D eigenvalue weighted by molar-refractivity contribution is -0.137. The molecule has 3 heterocycles. The van der Waals surface area contributed by atoms with Crippen molar-refractivity contribution in [1.82, 2.24) is 9.97 Å². The monoisotopic (exact) mass is 450 g/mol. The number of Topliss-reactive ketones (excluding diaryl/α,β-unsaturated/α-hetero) is 3. The van der Waals surface area contributed by atoms with E-state index in [1.54, 1.807) is 13.0 Å². The summed E-state index contributed by atoms with van der Waals surface area (Å²) < 4.78 is 53.2. The van der Waals surface area contributed by atoms with Gasteiger partial charge < -0.3 is 9.47 Å². The largest absolute Gasteiger partial charge is 0.492 e. The summed E-state index contributed by atoms with van der Waals surface area (Å²) in [6.45, 7) is 2.66. The maximum Gasteiger partial charge on any atom is 0.281 e. The Hall–Kier alpha value is -2.88. The van der Waals surface area contributed by atoms with E-state index in [4.69, 9.17) is 9.47 Å². The van der Waals surface area contributed by atoms with Gasteiger partial charge in [0.1, 0.15) is 17.4 Å². The molecule has 0 spiro atoms. The van der Waals surface area contributed by atoms with Gasteiger partial charge in [-0.15, -0.1) is 0 Å². The number of halogens is 3. The fourth-order valence-corrected chi connectivity index (χ4v) is 4.00. The summed E-state index contributed by atoms with van der Waals surface area (Å²) in [5.41, 5.74) is -1.16. The highest BCUT2D eigenvalue weighted by molar-refractivity contribution is 6.27. The molecule has 1 aliphatic carbocycles. The average Bonchev–Trinajstić information content (AvgIpc) is 3.27. The van der Waals surface area contributed by atoms with Gasteiger partial charge in [0.15, 0.2) is 29.2 Å². The van der Waals surface area contributed by atoms with E-state index in [1.807, 2.05) is 0 Å². The van der Waals surface area contributed by atoms with Crippen LogP contribution in [0.1, 0.15) is 47.4 Å². The van der Waals surface area contributed by atoms with Crippen LogP contribution in [-0.2, 0) is 14.3 Å². The van der Waals surface area contributed by atoms with Gasteiger partial charge in [-0.1, -0.05) is 0 Å². The van der Waals surface area contributed by atoms with Crippen molar-refractivity contribution in [1.29, 1.82) is 0 Å². The Morgan fingerprint density at radius 3 is 2.72 bits per heavy atom. The number of aromatic nitrogens is 2. The molecule has 3 atom stereocenters. The molecule has 7 nitrogen and oxygen atoms in total. The number of fused-ring (bicyclic) bond motifs is 1. The second-order valence-corrected chi connectivity index (χ2v) is 8.04. The van der Waals surface area contributed by atoms with Gasteiger partial charge in [0.25, 0.3) is 6.43 Å². The molecule has 170 valence electrons. The summed E-state index contributed by atoms with van der Waals surface area (Å²) in [5.74, 6) is -5.48. The molecule has 2 aromatic rings. The van der Waals surface area contributed by atoms with Crippen LogP contribution in [0.4, 0.5) is 13.2 Å². The molecule has 1 saturated heterocycles. The van der Waals surface area contributed by atoms with E-state index < -0.39 is 47.1 Å². The van der Waals surface area contributed by atoms with Crippen molar-refractivity contribution >= 4 is 28.4 Å². The number of carbonyl (C=O) groups excluding carboxylic acids is 3. The minimum atomic E-state index is -3.22. The van der Waals surface area contributed by atoms with Gasteiger partial charge in [-0.2, -0.15) is 0 Å². The van der Waals surface area contributed by atoms with E-state index in [9.17, 15) is 27.6 Å². The first kappa shape index (κ1) is 22.3. The first-order valence-corrected chi connectivity index (χ1v) is 10.3. The van der Waals surface area contributed by atoms with Gasteiger partial charge >= 0.3 is 0 Å². The number of ether oxygens (including phenoxy) is 2. The van der Waals surface area contributed by atoms with Crippen molar-refractivity contribution < 1.29 is 37.0 Å². The van der Waals surface area contributed by atoms with E-state index in [2.05, 4.69) is 9.97 Å². The number of hydrogen-bond acceptors (Lipinski definition) is 7. The van der Waals surface area contributed by atoms with Crippen molar-refractivity contribution in [2.75, 3.05) is 19.8 Å². The van der Waals surface area contributed by atoms with Gasteiger partial charge in [-0.05, 0) is 31.9 Å². The molecule has 2 fully saturated rings. The van der Waals surface area contributed by atoms with Crippen LogP contribution in [0.15, 0.2) is 12.1 Å². The van der Waals surface area contributed by atoms with Crippen LogP contribution < -0.4 is 4.74 Å². The smallest absolute Gasteiger partial charge is 0.281 e. The Bertz CT molecular complexity index is 1080. The van der Waals surface area contributed by atoms with Gasteiger partial charge in [-0.25, -0.2) is 23.1 Å². The van der Waals surface area contributed by atoms with Gasteiger partial charge in [0, 0.05) is 24.6 Å². The molecule has 0 radical (unpaired) electrons. The molecule has 4 rings (SSSR count). The van der Waals surface area contributed by atoms with E-state index >= 15 is 0 Å². The average molecular weight is 450 g/mol. The standard InChI is InChI=1S/C22H21F3N2O5/c1-10-2-3-12-20(32-9-11-6-7-31-8-11)16(17(21(24)25)27-22(12)26-10)19(30)15-14(28)5-4-13(23)18(15)29/h2-3,11,13,15,21H,4-9H2,1H3. The Labute approximate surface area is 181 Å². The van der Waals surface area contributed by atoms with E-state index in [1.165, 1.54) is 6.07 Å². The first-order valence-electron chi connectivity index (χ1n) is 10.3. The Morgan fingerprint density at radius 2 is 2.03 bits per heavy atom. The van der Waals surface area contributed by atoms with Crippen molar-refractivity contribution in [3.63, 3.8) is 0 Å². The summed E-state index contributed by atoms with van der Waals surface area (Å²) in [6.07, 6.45) is -5.19. The third-order valence-corrected chi connectivity index (χ3v) is 5.73. The number of alkyl halides is 3. The SMILES string of the molecule is Cc1ccc2c(OCC3CCOC3)c(C(=O)C3C(=O)CCC(F)C3=O)c(C(F)F)nc2n1. The lowest BCUT2D eigenvalue weighted by Gasteiger charge is -2.24. The molecule has 0 aromatic carbocycles. The fourth-order valence-electron chi connectivity index (χ4n) is 4.00. The number of nitrogens with zero attached hydrogens (tertiary/aromatic N) is 2. The predicted molar refractivity (Wildman–Crippen MR) is 106 cm³/mol. The molecule has 1 saturated carbocycles. The molecule has 32 heavy (non-hydrogen) atoms. The normalized spacial score (nSPS) is 23.8. The number of carbonyl (C=O) groups is 3. The zero-order valence-corrected chi connectivity index (χ0v) is 17.3. The molecule has 1 aliphatic heterocycles. The molecule has 0 amide bonds. The fraction of sp³-hybridized carbons (Fsp3) is 0.500. The summed E-state index contributed by atoms with van der Waals surface area (Å²) in [6, 6.07) is 3.13. The maximum absolute atomic E-state index is 14.0. The molecule has 2 aliphatic rings. The number of pyridine rings is 2. The lowest BCUT2D eigenvalue weighted by atomic mass is 9.80. The van der Waals surface area contributed by atoms with Crippen LogP contribution in [0.25, 0.3) is 11.0 Å². The highest BCUT2D eigenvalue weighted by Crippen LogP contribution is 2.38. The van der Waals surface area contributed by atoms with Crippen molar-refractivity contribution in [2.24, 2.45) is 11.8 Å². The summed E-state index contributed by atoms with van der Waals surface area (Å²) >= 11 is 0. The molecule has 3 unspecified atom stereocenters. The summed E-state index contributed by atoms with van der Waals surface area (Å²) in [5, 5.41) is 0.190. The van der Waals surface area contributed by atoms with Crippen LogP contribution in [0.3, 0.4) is 0 Å². The minimum Gasteiger partial charge on any atom is -0.492 e. The van der Waals surface area contributed by atoms with Crippen LogP contribution in [0.2, 0.25) is 0 Å². The molecular weight excluding hydrogens is 429 g/mol. The van der Waals surface area contributed by atoms with Crippen LogP contribution in [-0.4, -0.2) is 53.3 Å². The Balaban J connectivity index is 1.88. The highest BCUT2D eigenvalue weighted by atomic mass is 19.3. The highest BCUT2D eigenvalue weighted by Gasteiger charge is 2.45. The van der Waals surface area contributed by atoms with Crippen LogP contribution in [0, 0.1) is 18.8 Å². The second-order valence-electron chi connectivity index (χ2n) is 8.04. The van der Waals surface area contributed by atoms with E-state index in [0.717, 1.165) is 0 Å². The van der Waals surface area contributed by atoms with Gasteiger partial charge in [0.2, 0.25) is 0 Å². The predicted octanol–water partition coefficient (Wildman–Crippen LogP) is 3.36. The summed E-state index contributed by atoms with van der Waals surface area (Å²) in [4.78, 5) is 46.0. The number of ketones is 3. The van der Waals surface area contributed by atoms with Crippen molar-refractivity contribution in [3.8, 4) is 5.75 Å². The Kier molecular flexibility index (Phi) is 6.23. The Morgan fingerprint density at radius 1 is 1.25 bits per heavy atom. The number of aryl methyl sites for hydroxylation is 1. The molecule has 0 bridgehead atoms. The van der Waals surface area contributed by atoms with E-state index in [0.29, 0.717) is 25.3 Å². The number of rotatable bonds is 6. The number of hydrogen-bond donors (Lipinski definition) is 0. The van der Waals surface area contributed by atoms with E-state index in [-0.39, 0.29) is 42.1 Å². The zero-order chi connectivity index (χ0) is 23.0. The van der Waals surface area contributed by atoms with Crippen molar-refractivity contribution in [2.45, 2.75) is 38.8 Å². The minimum absolute atomic E-state index is 0.0252. The first-order chi connectivity index (χ1) is 15.3. The van der Waals surface area contributed by atoms with Gasteiger partial charge in [-0.3, -0.25) is 14.4 Å². The van der Waals surface area contributed by atoms with Crippen molar-refractivity contribution in [3.05, 3.63) is 29.1 Å². The van der Waals surface area contributed by atoms with Crippen LogP contribution >= 0.6 is 0 Å². The quantitative estimate of drug-likeness (QED) is 0.492. The topological polar surface area (TPSA) is 95.5 Å². The van der Waals surface area contributed by atoms with Gasteiger partial charge in [0.05, 0.1) is 24.2 Å².